The molecule has 0 spiro atoms. The summed E-state index contributed by atoms with van der Waals surface area (Å²) >= 11 is 0. The number of carbonyl (C=O) groups excluding carboxylic acids is 1. The molecule has 0 unspecified atom stereocenters. The van der Waals surface area contributed by atoms with Crippen LogP contribution < -0.4 is 9.47 Å². The largest absolute Gasteiger partial charge is 0.486 e. The fourth-order valence-electron chi connectivity index (χ4n) is 4.99. The average molecular weight is 448 g/mol. The smallest absolute Gasteiger partial charge is 0.161 e. The highest BCUT2D eigenvalue weighted by Crippen LogP contribution is 2.36. The minimum atomic E-state index is -0.695. The highest BCUT2D eigenvalue weighted by molar-refractivity contribution is 5.78. The topological polar surface area (TPSA) is 59.0 Å². The summed E-state index contributed by atoms with van der Waals surface area (Å²) in [5.41, 5.74) is 0.810. The Morgan fingerprint density at radius 2 is 1.72 bits per heavy atom. The second-order valence-electron chi connectivity index (χ2n) is 9.49. The zero-order chi connectivity index (χ0) is 22.2. The van der Waals surface area contributed by atoms with Gasteiger partial charge in [-0.3, -0.25) is 9.69 Å². The summed E-state index contributed by atoms with van der Waals surface area (Å²) in [7, 11) is 0. The minimum Gasteiger partial charge on any atom is -0.486 e. The number of benzene rings is 1. The van der Waals surface area contributed by atoms with Crippen molar-refractivity contribution in [1.82, 2.24) is 4.90 Å². The molecule has 0 aliphatic carbocycles. The van der Waals surface area contributed by atoms with Crippen molar-refractivity contribution in [3.8, 4) is 11.5 Å². The van der Waals surface area contributed by atoms with E-state index in [1.165, 1.54) is 32.1 Å². The monoisotopic (exact) mass is 447 g/mol. The first kappa shape index (κ1) is 26.7. The average Bonchev–Trinajstić information content (AvgIpc) is 3.09. The van der Waals surface area contributed by atoms with Crippen molar-refractivity contribution in [1.29, 1.82) is 0 Å². The maximum absolute atomic E-state index is 12.8. The molecule has 1 aromatic rings. The molecule has 3 rings (SSSR count). The molecule has 1 saturated heterocycles. The molecule has 5 nitrogen and oxygen atoms in total. The van der Waals surface area contributed by atoms with Crippen molar-refractivity contribution < 1.29 is 19.4 Å². The second kappa shape index (κ2) is 13.2. The number of aliphatic hydroxyl groups excluding tert-OH is 1. The number of Topliss-reactive ketones (excluding diaryl/α,β-unsaturated/α-hetero) is 1. The van der Waals surface area contributed by atoms with E-state index in [2.05, 4.69) is 25.7 Å². The molecular formula is C27H45NO4. The van der Waals surface area contributed by atoms with Gasteiger partial charge < -0.3 is 14.6 Å². The lowest BCUT2D eigenvalue weighted by Gasteiger charge is -2.33. The number of unbranched alkanes of at least 4 members (excludes halogenated alkanes) is 4. The van der Waals surface area contributed by atoms with E-state index in [1.807, 2.05) is 18.2 Å². The normalized spacial score (nSPS) is 22.2. The lowest BCUT2D eigenvalue weighted by atomic mass is 9.88. The van der Waals surface area contributed by atoms with Crippen LogP contribution in [-0.4, -0.2) is 47.6 Å². The summed E-state index contributed by atoms with van der Waals surface area (Å²) in [6, 6.07) is 6.67. The van der Waals surface area contributed by atoms with Gasteiger partial charge in [0.25, 0.3) is 0 Å². The van der Waals surface area contributed by atoms with Crippen LogP contribution in [0.25, 0.3) is 0 Å². The number of hydrogen-bond donors (Lipinski definition) is 1. The van der Waals surface area contributed by atoms with Crippen LogP contribution in [0.1, 0.15) is 97.7 Å². The van der Waals surface area contributed by atoms with E-state index in [0.29, 0.717) is 43.9 Å². The summed E-state index contributed by atoms with van der Waals surface area (Å²) in [5, 5.41) is 11.3. The Balaban J connectivity index is 0.00000363. The van der Waals surface area contributed by atoms with E-state index >= 15 is 0 Å². The number of rotatable bonds is 12. The van der Waals surface area contributed by atoms with E-state index in [0.717, 1.165) is 30.7 Å². The molecule has 0 saturated carbocycles. The van der Waals surface area contributed by atoms with Crippen LogP contribution in [0.15, 0.2) is 18.2 Å². The predicted molar refractivity (Wildman–Crippen MR) is 130 cm³/mol. The molecule has 0 radical (unpaired) electrons. The van der Waals surface area contributed by atoms with Crippen molar-refractivity contribution >= 4 is 5.78 Å². The van der Waals surface area contributed by atoms with Crippen LogP contribution >= 0.6 is 0 Å². The number of nitrogens with zero attached hydrogens (tertiary/aromatic N) is 1. The van der Waals surface area contributed by atoms with Crippen LogP contribution in [0.3, 0.4) is 0 Å². The van der Waals surface area contributed by atoms with Crippen LogP contribution in [0.2, 0.25) is 0 Å². The van der Waals surface area contributed by atoms with E-state index < -0.39 is 6.10 Å². The molecule has 182 valence electrons. The molecule has 1 N–H and O–H groups in total. The highest BCUT2D eigenvalue weighted by atomic mass is 16.6. The summed E-state index contributed by atoms with van der Waals surface area (Å²) in [6.45, 7) is 8.54. The molecule has 4 atom stereocenters. The Kier molecular flexibility index (Phi) is 11.0. The zero-order valence-corrected chi connectivity index (χ0v) is 19.6. The maximum atomic E-state index is 12.8. The van der Waals surface area contributed by atoms with E-state index in [9.17, 15) is 9.90 Å². The maximum Gasteiger partial charge on any atom is 0.161 e. The Bertz CT molecular complexity index is 697. The van der Waals surface area contributed by atoms with Gasteiger partial charge in [0.1, 0.15) is 19.0 Å². The van der Waals surface area contributed by atoms with Crippen molar-refractivity contribution in [2.75, 3.05) is 19.8 Å². The van der Waals surface area contributed by atoms with Crippen LogP contribution in [0.5, 0.6) is 11.5 Å². The van der Waals surface area contributed by atoms with Gasteiger partial charge in [-0.2, -0.15) is 0 Å². The Labute approximate surface area is 195 Å². The Morgan fingerprint density at radius 3 is 2.41 bits per heavy atom. The van der Waals surface area contributed by atoms with Crippen molar-refractivity contribution in [3.05, 3.63) is 23.8 Å². The van der Waals surface area contributed by atoms with Gasteiger partial charge in [-0.05, 0) is 50.8 Å². The van der Waals surface area contributed by atoms with Crippen molar-refractivity contribution in [3.63, 3.8) is 0 Å². The first-order valence-electron chi connectivity index (χ1n) is 12.3. The number of ether oxygens (including phenoxy) is 2. The van der Waals surface area contributed by atoms with Crippen LogP contribution in [-0.2, 0) is 4.79 Å². The van der Waals surface area contributed by atoms with Gasteiger partial charge in [0, 0.05) is 37.4 Å². The van der Waals surface area contributed by atoms with Gasteiger partial charge in [-0.25, -0.2) is 0 Å². The number of likely N-dealkylation sites (tertiary alicyclic amines) is 1. The van der Waals surface area contributed by atoms with Gasteiger partial charge in [0.15, 0.2) is 11.5 Å². The molecule has 2 aliphatic rings. The molecule has 2 heterocycles. The summed E-state index contributed by atoms with van der Waals surface area (Å²) in [5.74, 6) is 1.57. The summed E-state index contributed by atoms with van der Waals surface area (Å²) < 4.78 is 11.3. The van der Waals surface area contributed by atoms with E-state index in [4.69, 9.17) is 9.47 Å². The molecule has 5 heteroatoms. The van der Waals surface area contributed by atoms with Gasteiger partial charge in [-0.1, -0.05) is 46.1 Å². The number of aliphatic hydroxyl groups is 1. The molecule has 0 bridgehead atoms. The molecular weight excluding hydrogens is 402 g/mol. The Morgan fingerprint density at radius 1 is 1.06 bits per heavy atom. The van der Waals surface area contributed by atoms with E-state index in [-0.39, 0.29) is 19.1 Å². The number of carbonyl (C=O) groups is 1. The molecule has 1 aromatic carbocycles. The lowest BCUT2D eigenvalue weighted by molar-refractivity contribution is -0.121. The van der Waals surface area contributed by atoms with Gasteiger partial charge in [-0.15, -0.1) is 0 Å². The summed E-state index contributed by atoms with van der Waals surface area (Å²) in [4.78, 5) is 15.3. The van der Waals surface area contributed by atoms with Crippen LogP contribution in [0, 0.1) is 5.92 Å². The third-order valence-corrected chi connectivity index (χ3v) is 6.98. The quantitative estimate of drug-likeness (QED) is 0.402. The highest BCUT2D eigenvalue weighted by Gasteiger charge is 2.33. The minimum absolute atomic E-state index is 0. The van der Waals surface area contributed by atoms with E-state index in [1.54, 1.807) is 0 Å². The lowest BCUT2D eigenvalue weighted by Crippen LogP contribution is -2.39. The number of ketones is 1. The standard InChI is InChI=1S/C26H41NO4.CH4/c1-4-5-6-7-8-9-23(28)16-22(18-27-19(2)10-11-20(27)3)26(29)21-12-13-24-25(17-21)31-15-14-30-24;/h12-13,17,19-20,22,26,29H,4-11,14-16,18H2,1-3H3;1H4/t19-,20-,22-,26-;/m1./s1. The van der Waals surface area contributed by atoms with Gasteiger partial charge >= 0.3 is 0 Å². The molecule has 32 heavy (non-hydrogen) atoms. The van der Waals surface area contributed by atoms with Gasteiger partial charge in [0.05, 0.1) is 6.10 Å². The third kappa shape index (κ3) is 7.21. The van der Waals surface area contributed by atoms with Crippen molar-refractivity contribution in [2.45, 2.75) is 104 Å². The SMILES string of the molecule is C.CCCCCCCC(=O)C[C@H](CN1[C@H](C)CC[C@H]1C)[C@H](O)c1ccc2c(c1)OCCO2. The molecule has 2 aliphatic heterocycles. The second-order valence-corrected chi connectivity index (χ2v) is 9.49. The first-order valence-corrected chi connectivity index (χ1v) is 12.3. The predicted octanol–water partition coefficient (Wildman–Crippen LogP) is 5.94. The fraction of sp³-hybridized carbons (Fsp3) is 0.741. The summed E-state index contributed by atoms with van der Waals surface area (Å²) in [6.07, 6.45) is 8.46. The van der Waals surface area contributed by atoms with Crippen LogP contribution in [0.4, 0.5) is 0 Å². The number of fused-ring (bicyclic) bond motifs is 1. The fourth-order valence-corrected chi connectivity index (χ4v) is 4.99. The molecule has 1 fully saturated rings. The zero-order valence-electron chi connectivity index (χ0n) is 19.6. The Hall–Kier alpha value is -1.59. The third-order valence-electron chi connectivity index (χ3n) is 6.98. The number of hydrogen-bond acceptors (Lipinski definition) is 5. The van der Waals surface area contributed by atoms with Gasteiger partial charge in [0.2, 0.25) is 0 Å². The van der Waals surface area contributed by atoms with Crippen molar-refractivity contribution in [2.24, 2.45) is 5.92 Å². The molecule has 0 amide bonds. The first-order chi connectivity index (χ1) is 15.0. The molecule has 0 aromatic heterocycles.